The van der Waals surface area contributed by atoms with Crippen molar-refractivity contribution in [2.75, 3.05) is 33.8 Å². The fraction of sp³-hybridized carbons (Fsp3) is 0.385. The van der Waals surface area contributed by atoms with E-state index in [9.17, 15) is 0 Å². The van der Waals surface area contributed by atoms with Gasteiger partial charge in [0.1, 0.15) is 5.75 Å². The molecular weight excluding hydrogens is 539 g/mol. The van der Waals surface area contributed by atoms with E-state index < -0.39 is 0 Å². The highest BCUT2D eigenvalue weighted by Crippen LogP contribution is 2.31. The van der Waals surface area contributed by atoms with E-state index >= 15 is 0 Å². The van der Waals surface area contributed by atoms with E-state index in [2.05, 4.69) is 66.5 Å². The summed E-state index contributed by atoms with van der Waals surface area (Å²) in [6, 6.07) is 17.2. The molecule has 7 nitrogen and oxygen atoms in total. The first-order chi connectivity index (χ1) is 16.3. The van der Waals surface area contributed by atoms with E-state index in [0.29, 0.717) is 6.54 Å². The number of aliphatic imine (C=N–C) groups is 1. The summed E-state index contributed by atoms with van der Waals surface area (Å²) in [6.45, 7) is 4.54. The lowest BCUT2D eigenvalue weighted by atomic mass is 10.0. The predicted molar refractivity (Wildman–Crippen MR) is 148 cm³/mol. The number of nitrogens with one attached hydrogen (secondary N) is 2. The van der Waals surface area contributed by atoms with Gasteiger partial charge >= 0.3 is 0 Å². The molecule has 0 bridgehead atoms. The highest BCUT2D eigenvalue weighted by Gasteiger charge is 2.26. The molecule has 1 aromatic heterocycles. The Morgan fingerprint density at radius 3 is 2.47 bits per heavy atom. The Bertz CT molecular complexity index is 1020. The van der Waals surface area contributed by atoms with Gasteiger partial charge in [-0.25, -0.2) is 4.98 Å². The van der Waals surface area contributed by atoms with Crippen LogP contribution in [0.5, 0.6) is 5.75 Å². The van der Waals surface area contributed by atoms with Crippen LogP contribution in [0.1, 0.15) is 35.6 Å². The Hall–Kier alpha value is -2.59. The Morgan fingerprint density at radius 2 is 1.79 bits per heavy atom. The largest absolute Gasteiger partial charge is 0.496 e. The van der Waals surface area contributed by atoms with Gasteiger partial charge in [-0.1, -0.05) is 42.5 Å². The number of hydrogen-bond donors (Lipinski definition) is 2. The zero-order chi connectivity index (χ0) is 22.9. The van der Waals surface area contributed by atoms with Crippen LogP contribution in [-0.4, -0.2) is 54.2 Å². The molecule has 0 amide bonds. The predicted octanol–water partition coefficient (Wildman–Crippen LogP) is 4.06. The van der Waals surface area contributed by atoms with Gasteiger partial charge < -0.3 is 19.9 Å². The second kappa shape index (κ2) is 13.3. The average Bonchev–Trinajstić information content (AvgIpc) is 3.57. The first kappa shape index (κ1) is 26.0. The van der Waals surface area contributed by atoms with Gasteiger partial charge in [0.15, 0.2) is 5.96 Å². The summed E-state index contributed by atoms with van der Waals surface area (Å²) < 4.78 is 7.73. The Labute approximate surface area is 219 Å². The number of benzene rings is 2. The van der Waals surface area contributed by atoms with Gasteiger partial charge in [0, 0.05) is 44.6 Å². The van der Waals surface area contributed by atoms with Crippen LogP contribution in [0.25, 0.3) is 0 Å². The molecule has 0 aliphatic carbocycles. The molecule has 0 radical (unpaired) electrons. The fourth-order valence-corrected chi connectivity index (χ4v) is 4.38. The van der Waals surface area contributed by atoms with Crippen molar-refractivity contribution < 1.29 is 4.74 Å². The summed E-state index contributed by atoms with van der Waals surface area (Å²) in [5.74, 6) is 1.74. The Balaban J connectivity index is 0.00000324. The number of methoxy groups -OCH3 is 1. The zero-order valence-electron chi connectivity index (χ0n) is 20.0. The number of likely N-dealkylation sites (tertiary alicyclic amines) is 1. The molecule has 1 saturated heterocycles. The number of imidazole rings is 1. The molecule has 1 aliphatic heterocycles. The number of halogens is 1. The minimum absolute atomic E-state index is 0. The first-order valence-corrected chi connectivity index (χ1v) is 11.6. The molecule has 1 fully saturated rings. The highest BCUT2D eigenvalue weighted by molar-refractivity contribution is 14.0. The van der Waals surface area contributed by atoms with Crippen molar-refractivity contribution in [3.8, 4) is 5.75 Å². The molecule has 8 heteroatoms. The van der Waals surface area contributed by atoms with Gasteiger partial charge in [-0.2, -0.15) is 0 Å². The molecule has 34 heavy (non-hydrogen) atoms. The molecule has 2 aromatic carbocycles. The van der Waals surface area contributed by atoms with E-state index in [1.54, 1.807) is 13.3 Å². The third-order valence-corrected chi connectivity index (χ3v) is 6.17. The summed E-state index contributed by atoms with van der Waals surface area (Å²) >= 11 is 0. The lowest BCUT2D eigenvalue weighted by Gasteiger charge is -2.30. The van der Waals surface area contributed by atoms with Crippen molar-refractivity contribution in [1.82, 2.24) is 25.1 Å². The molecule has 1 atom stereocenters. The number of guanidine groups is 1. The summed E-state index contributed by atoms with van der Waals surface area (Å²) in [4.78, 5) is 11.1. The maximum Gasteiger partial charge on any atom is 0.191 e. The van der Waals surface area contributed by atoms with E-state index in [-0.39, 0.29) is 30.0 Å². The maximum atomic E-state index is 5.66. The molecule has 1 aliphatic rings. The smallest absolute Gasteiger partial charge is 0.191 e. The van der Waals surface area contributed by atoms with Crippen LogP contribution < -0.4 is 15.4 Å². The standard InChI is InChI=1S/C26H34N6O.HI/c1-27-26(29-17-21-9-11-22(12-10-21)19-31-16-13-28-20-31)30-18-24(32-14-5-6-15-32)23-7-3-4-8-25(23)33-2;/h3-4,7-13,16,20,24H,5-6,14-15,17-19H2,1-2H3,(H2,27,29,30);1H. The van der Waals surface area contributed by atoms with Crippen LogP contribution in [0.15, 0.2) is 72.2 Å². The monoisotopic (exact) mass is 574 g/mol. The number of ether oxygens (including phenoxy) is 1. The molecule has 1 unspecified atom stereocenters. The third kappa shape index (κ3) is 6.96. The van der Waals surface area contributed by atoms with Crippen LogP contribution in [0, 0.1) is 0 Å². The molecule has 3 aromatic rings. The van der Waals surface area contributed by atoms with Gasteiger partial charge in [-0.05, 0) is 43.1 Å². The second-order valence-electron chi connectivity index (χ2n) is 8.36. The molecule has 182 valence electrons. The second-order valence-corrected chi connectivity index (χ2v) is 8.36. The fourth-order valence-electron chi connectivity index (χ4n) is 4.38. The summed E-state index contributed by atoms with van der Waals surface area (Å²) in [7, 11) is 3.56. The number of nitrogens with zero attached hydrogens (tertiary/aromatic N) is 4. The van der Waals surface area contributed by atoms with E-state index in [4.69, 9.17) is 4.74 Å². The zero-order valence-corrected chi connectivity index (χ0v) is 22.3. The van der Waals surface area contributed by atoms with E-state index in [0.717, 1.165) is 37.9 Å². The quantitative estimate of drug-likeness (QED) is 0.229. The average molecular weight is 575 g/mol. The normalized spacial score (nSPS) is 14.9. The third-order valence-electron chi connectivity index (χ3n) is 6.17. The Kier molecular flexibility index (Phi) is 10.2. The highest BCUT2D eigenvalue weighted by atomic mass is 127. The molecule has 0 saturated carbocycles. The minimum atomic E-state index is 0. The number of hydrogen-bond acceptors (Lipinski definition) is 4. The SMILES string of the molecule is CN=C(NCc1ccc(Cn2ccnc2)cc1)NCC(c1ccccc1OC)N1CCCC1.I. The van der Waals surface area contributed by atoms with E-state index in [1.807, 2.05) is 31.7 Å². The van der Waals surface area contributed by atoms with Crippen molar-refractivity contribution in [2.45, 2.75) is 32.0 Å². The number of aromatic nitrogens is 2. The lowest BCUT2D eigenvalue weighted by Crippen LogP contribution is -2.42. The summed E-state index contributed by atoms with van der Waals surface area (Å²) in [5, 5.41) is 6.99. The topological polar surface area (TPSA) is 66.7 Å². The summed E-state index contributed by atoms with van der Waals surface area (Å²) in [5.41, 5.74) is 3.69. The van der Waals surface area contributed by atoms with Gasteiger partial charge in [0.25, 0.3) is 0 Å². The van der Waals surface area contributed by atoms with Crippen molar-refractivity contribution in [3.05, 3.63) is 83.9 Å². The van der Waals surface area contributed by atoms with Crippen LogP contribution in [0.3, 0.4) is 0 Å². The van der Waals surface area contributed by atoms with Crippen LogP contribution in [0.2, 0.25) is 0 Å². The van der Waals surface area contributed by atoms with Crippen LogP contribution in [-0.2, 0) is 13.1 Å². The summed E-state index contributed by atoms with van der Waals surface area (Å²) in [6.07, 6.45) is 8.11. The van der Waals surface area contributed by atoms with Gasteiger partial charge in [-0.15, -0.1) is 24.0 Å². The number of rotatable bonds is 9. The molecule has 0 spiro atoms. The maximum absolute atomic E-state index is 5.66. The van der Waals surface area contributed by atoms with Gasteiger partial charge in [0.05, 0.1) is 19.5 Å². The lowest BCUT2D eigenvalue weighted by molar-refractivity contribution is 0.239. The molecule has 2 N–H and O–H groups in total. The molecule has 2 heterocycles. The van der Waals surface area contributed by atoms with Crippen molar-refractivity contribution >= 4 is 29.9 Å². The van der Waals surface area contributed by atoms with Gasteiger partial charge in [0.2, 0.25) is 0 Å². The minimum Gasteiger partial charge on any atom is -0.496 e. The van der Waals surface area contributed by atoms with Crippen molar-refractivity contribution in [3.63, 3.8) is 0 Å². The molecular formula is C26H35IN6O. The van der Waals surface area contributed by atoms with E-state index in [1.165, 1.54) is 29.5 Å². The first-order valence-electron chi connectivity index (χ1n) is 11.6. The van der Waals surface area contributed by atoms with Gasteiger partial charge in [-0.3, -0.25) is 9.89 Å². The van der Waals surface area contributed by atoms with Crippen LogP contribution in [0.4, 0.5) is 0 Å². The molecule has 4 rings (SSSR count). The van der Waals surface area contributed by atoms with Crippen molar-refractivity contribution in [2.24, 2.45) is 4.99 Å². The van der Waals surface area contributed by atoms with Crippen molar-refractivity contribution in [1.29, 1.82) is 0 Å². The number of para-hydroxylation sites is 1. The Morgan fingerprint density at radius 1 is 1.06 bits per heavy atom. The van der Waals surface area contributed by atoms with Crippen LogP contribution >= 0.6 is 24.0 Å².